The van der Waals surface area contributed by atoms with Crippen LogP contribution in [0.5, 0.6) is 0 Å². The Morgan fingerprint density at radius 1 is 1.22 bits per heavy atom. The molecule has 3 heteroatoms. The lowest BCUT2D eigenvalue weighted by Crippen LogP contribution is -2.50. The minimum Gasteiger partial charge on any atom is -0.330 e. The van der Waals surface area contributed by atoms with Crippen LogP contribution in [-0.2, 0) is 0 Å². The molecule has 1 aliphatic heterocycles. The number of nitrogens with two attached hydrogens (primary N) is 1. The summed E-state index contributed by atoms with van der Waals surface area (Å²) in [6.07, 6.45) is 3.86. The molecule has 0 aliphatic carbocycles. The lowest BCUT2D eigenvalue weighted by atomic mass is 9.88. The Bertz CT molecular complexity index is 218. The normalized spacial score (nSPS) is 24.7. The second kappa shape index (κ2) is 8.13. The molecule has 108 valence electrons. The summed E-state index contributed by atoms with van der Waals surface area (Å²) in [6.45, 7) is 12.8. The van der Waals surface area contributed by atoms with Gasteiger partial charge in [-0.1, -0.05) is 13.8 Å². The van der Waals surface area contributed by atoms with Gasteiger partial charge in [-0.05, 0) is 58.2 Å². The monoisotopic (exact) mass is 255 g/mol. The molecular formula is C15H33N3. The molecule has 1 rings (SSSR count). The molecule has 0 bridgehead atoms. The summed E-state index contributed by atoms with van der Waals surface area (Å²) in [6, 6.07) is 0.718. The minimum atomic E-state index is 0.718. The molecule has 0 radical (unpaired) electrons. The van der Waals surface area contributed by atoms with Crippen molar-refractivity contribution in [1.29, 1.82) is 0 Å². The molecule has 18 heavy (non-hydrogen) atoms. The molecule has 0 aromatic rings. The zero-order valence-corrected chi connectivity index (χ0v) is 12.9. The Morgan fingerprint density at radius 2 is 1.94 bits per heavy atom. The van der Waals surface area contributed by atoms with Crippen molar-refractivity contribution >= 4 is 0 Å². The van der Waals surface area contributed by atoms with Gasteiger partial charge >= 0.3 is 0 Å². The lowest BCUT2D eigenvalue weighted by molar-refractivity contribution is 0.0962. The Morgan fingerprint density at radius 3 is 2.50 bits per heavy atom. The van der Waals surface area contributed by atoms with Gasteiger partial charge in [-0.15, -0.1) is 0 Å². The maximum absolute atomic E-state index is 5.70. The number of hydrogen-bond acceptors (Lipinski definition) is 3. The molecular weight excluding hydrogens is 222 g/mol. The number of nitrogens with zero attached hydrogens (tertiary/aromatic N) is 2. The quantitative estimate of drug-likeness (QED) is 0.755. The predicted octanol–water partition coefficient (Wildman–Crippen LogP) is 2.02. The minimum absolute atomic E-state index is 0.718. The van der Waals surface area contributed by atoms with E-state index in [1.807, 2.05) is 0 Å². The van der Waals surface area contributed by atoms with Gasteiger partial charge in [-0.2, -0.15) is 0 Å². The van der Waals surface area contributed by atoms with Crippen LogP contribution >= 0.6 is 0 Å². The molecule has 1 aliphatic rings. The third kappa shape index (κ3) is 5.25. The van der Waals surface area contributed by atoms with E-state index in [0.717, 1.165) is 24.4 Å². The number of piperazine rings is 1. The molecule has 2 unspecified atom stereocenters. The Labute approximate surface area is 114 Å². The average molecular weight is 255 g/mol. The maximum atomic E-state index is 5.70. The highest BCUT2D eigenvalue weighted by Crippen LogP contribution is 2.21. The van der Waals surface area contributed by atoms with E-state index in [0.29, 0.717) is 0 Å². The molecule has 0 spiro atoms. The first-order valence-corrected chi connectivity index (χ1v) is 7.67. The smallest absolute Gasteiger partial charge is 0.0195 e. The first-order valence-electron chi connectivity index (χ1n) is 7.67. The van der Waals surface area contributed by atoms with Crippen molar-refractivity contribution in [3.05, 3.63) is 0 Å². The first-order chi connectivity index (χ1) is 8.54. The van der Waals surface area contributed by atoms with Crippen LogP contribution in [0.15, 0.2) is 0 Å². The van der Waals surface area contributed by atoms with Crippen molar-refractivity contribution < 1.29 is 0 Å². The molecule has 0 saturated carbocycles. The molecule has 3 nitrogen and oxygen atoms in total. The fourth-order valence-electron chi connectivity index (χ4n) is 3.09. The van der Waals surface area contributed by atoms with Crippen LogP contribution in [0.1, 0.15) is 40.0 Å². The van der Waals surface area contributed by atoms with Gasteiger partial charge in [-0.25, -0.2) is 0 Å². The molecule has 0 amide bonds. The molecule has 1 heterocycles. The summed E-state index contributed by atoms with van der Waals surface area (Å²) in [5.74, 6) is 1.59. The van der Waals surface area contributed by atoms with E-state index in [1.54, 1.807) is 0 Å². The Kier molecular flexibility index (Phi) is 7.20. The van der Waals surface area contributed by atoms with E-state index >= 15 is 0 Å². The van der Waals surface area contributed by atoms with Gasteiger partial charge in [0.2, 0.25) is 0 Å². The molecule has 0 aromatic heterocycles. The van der Waals surface area contributed by atoms with E-state index < -0.39 is 0 Å². The van der Waals surface area contributed by atoms with Crippen LogP contribution in [0, 0.1) is 11.8 Å². The number of rotatable bonds is 7. The summed E-state index contributed by atoms with van der Waals surface area (Å²) in [4.78, 5) is 5.09. The van der Waals surface area contributed by atoms with Crippen molar-refractivity contribution in [2.75, 3.05) is 39.8 Å². The van der Waals surface area contributed by atoms with Crippen LogP contribution in [0.3, 0.4) is 0 Å². The molecule has 2 atom stereocenters. The standard InChI is InChI=1S/C15H33N3/c1-13(2)15(7-8-16)6-5-9-18-11-10-17(4)12-14(18)3/h13-15H,5-12,16H2,1-4H3. The Balaban J connectivity index is 2.23. The molecule has 0 aromatic carbocycles. The lowest BCUT2D eigenvalue weighted by Gasteiger charge is -2.38. The maximum Gasteiger partial charge on any atom is 0.0195 e. The van der Waals surface area contributed by atoms with Crippen molar-refractivity contribution in [3.8, 4) is 0 Å². The number of likely N-dealkylation sites (N-methyl/N-ethyl adjacent to an activating group) is 1. The van der Waals surface area contributed by atoms with Gasteiger partial charge in [0.25, 0.3) is 0 Å². The van der Waals surface area contributed by atoms with Crippen molar-refractivity contribution in [3.63, 3.8) is 0 Å². The summed E-state index contributed by atoms with van der Waals surface area (Å²) < 4.78 is 0. The third-order valence-corrected chi connectivity index (χ3v) is 4.47. The van der Waals surface area contributed by atoms with Gasteiger partial charge < -0.3 is 10.6 Å². The molecule has 1 saturated heterocycles. The largest absolute Gasteiger partial charge is 0.330 e. The van der Waals surface area contributed by atoms with Crippen LogP contribution in [0.2, 0.25) is 0 Å². The average Bonchev–Trinajstić information content (AvgIpc) is 2.30. The highest BCUT2D eigenvalue weighted by molar-refractivity contribution is 4.77. The van der Waals surface area contributed by atoms with E-state index in [-0.39, 0.29) is 0 Å². The van der Waals surface area contributed by atoms with Gasteiger partial charge in [0.05, 0.1) is 0 Å². The van der Waals surface area contributed by atoms with Gasteiger partial charge in [0.15, 0.2) is 0 Å². The van der Waals surface area contributed by atoms with Crippen LogP contribution in [-0.4, -0.2) is 55.6 Å². The summed E-state index contributed by atoms with van der Waals surface area (Å²) >= 11 is 0. The van der Waals surface area contributed by atoms with Crippen molar-refractivity contribution in [2.45, 2.75) is 46.1 Å². The van der Waals surface area contributed by atoms with Crippen molar-refractivity contribution in [1.82, 2.24) is 9.80 Å². The van der Waals surface area contributed by atoms with Crippen LogP contribution in [0.25, 0.3) is 0 Å². The van der Waals surface area contributed by atoms with Crippen LogP contribution < -0.4 is 5.73 Å². The summed E-state index contributed by atoms with van der Waals surface area (Å²) in [5.41, 5.74) is 5.70. The zero-order chi connectivity index (χ0) is 13.5. The fraction of sp³-hybridized carbons (Fsp3) is 1.00. The van der Waals surface area contributed by atoms with E-state index in [9.17, 15) is 0 Å². The highest BCUT2D eigenvalue weighted by atomic mass is 15.3. The van der Waals surface area contributed by atoms with Gasteiger partial charge in [-0.3, -0.25) is 4.90 Å². The second-order valence-corrected chi connectivity index (χ2v) is 6.37. The Hall–Kier alpha value is -0.120. The zero-order valence-electron chi connectivity index (χ0n) is 12.9. The van der Waals surface area contributed by atoms with Gasteiger partial charge in [0.1, 0.15) is 0 Å². The van der Waals surface area contributed by atoms with Crippen LogP contribution in [0.4, 0.5) is 0 Å². The predicted molar refractivity (Wildman–Crippen MR) is 79.8 cm³/mol. The molecule has 2 N–H and O–H groups in total. The van der Waals surface area contributed by atoms with Crippen molar-refractivity contribution in [2.24, 2.45) is 17.6 Å². The van der Waals surface area contributed by atoms with E-state index in [4.69, 9.17) is 5.73 Å². The van der Waals surface area contributed by atoms with Gasteiger partial charge in [0, 0.05) is 25.7 Å². The highest BCUT2D eigenvalue weighted by Gasteiger charge is 2.21. The van der Waals surface area contributed by atoms with E-state index in [1.165, 1.54) is 45.4 Å². The SMILES string of the molecule is CC(C)C(CCN)CCCN1CCN(C)CC1C. The summed E-state index contributed by atoms with van der Waals surface area (Å²) in [5, 5.41) is 0. The topological polar surface area (TPSA) is 32.5 Å². The second-order valence-electron chi connectivity index (χ2n) is 6.37. The third-order valence-electron chi connectivity index (χ3n) is 4.47. The van der Waals surface area contributed by atoms with E-state index in [2.05, 4.69) is 37.6 Å². The first kappa shape index (κ1) is 15.9. The molecule has 1 fully saturated rings. The number of hydrogen-bond donors (Lipinski definition) is 1. The fourth-order valence-corrected chi connectivity index (χ4v) is 3.09. The summed E-state index contributed by atoms with van der Waals surface area (Å²) in [7, 11) is 2.23.